The van der Waals surface area contributed by atoms with Gasteiger partial charge in [0.25, 0.3) is 5.69 Å². The first-order valence-corrected chi connectivity index (χ1v) is 4.23. The van der Waals surface area contributed by atoms with Crippen LogP contribution in [0.25, 0.3) is 0 Å². The zero-order chi connectivity index (χ0) is 12.5. The highest BCUT2D eigenvalue weighted by molar-refractivity contribution is 5.51. The van der Waals surface area contributed by atoms with E-state index in [-0.39, 0.29) is 11.1 Å². The average Bonchev–Trinajstić information content (AvgIpc) is 2.14. The molecule has 0 spiro atoms. The van der Waals surface area contributed by atoms with Crippen LogP contribution < -0.4 is 0 Å². The second-order valence-electron chi connectivity index (χ2n) is 3.23. The summed E-state index contributed by atoms with van der Waals surface area (Å²) < 4.78 is 37.6. The molecule has 0 aliphatic rings. The van der Waals surface area contributed by atoms with Crippen molar-refractivity contribution in [1.82, 2.24) is 0 Å². The van der Waals surface area contributed by atoms with E-state index in [1.165, 1.54) is 6.92 Å². The van der Waals surface area contributed by atoms with Crippen molar-refractivity contribution in [3.63, 3.8) is 0 Å². The van der Waals surface area contributed by atoms with E-state index in [2.05, 4.69) is 0 Å². The van der Waals surface area contributed by atoms with Gasteiger partial charge in [0.05, 0.1) is 17.1 Å². The largest absolute Gasteiger partial charge is 0.423 e. The van der Waals surface area contributed by atoms with E-state index in [0.29, 0.717) is 6.07 Å². The quantitative estimate of drug-likeness (QED) is 0.632. The molecule has 88 valence electrons. The predicted molar refractivity (Wildman–Crippen MR) is 48.8 cm³/mol. The summed E-state index contributed by atoms with van der Waals surface area (Å²) in [5.74, 6) is 0. The molecular weight excluding hydrogens is 227 g/mol. The molecule has 0 saturated heterocycles. The molecule has 0 atom stereocenters. The molecule has 4 nitrogen and oxygen atoms in total. The molecule has 0 fully saturated rings. The lowest BCUT2D eigenvalue weighted by Crippen LogP contribution is -2.11. The molecule has 0 bridgehead atoms. The number of halogens is 3. The maximum atomic E-state index is 12.5. The Morgan fingerprint density at radius 2 is 2.00 bits per heavy atom. The fraction of sp³-hybridized carbons (Fsp3) is 0.333. The Morgan fingerprint density at radius 1 is 1.44 bits per heavy atom. The third-order valence-corrected chi connectivity index (χ3v) is 1.99. The SMILES string of the molecule is Cc1cc(CO)c([N+](=O)[O-])c(C(F)(F)F)c1. The number of aryl methyl sites for hydroxylation is 1. The van der Waals surface area contributed by atoms with Gasteiger partial charge in [0.1, 0.15) is 5.56 Å². The van der Waals surface area contributed by atoms with Gasteiger partial charge >= 0.3 is 6.18 Å². The first kappa shape index (κ1) is 12.4. The maximum absolute atomic E-state index is 12.5. The molecule has 0 aliphatic heterocycles. The molecule has 0 aliphatic carbocycles. The summed E-state index contributed by atoms with van der Waals surface area (Å²) in [6.45, 7) is 0.569. The minimum atomic E-state index is -4.81. The number of aliphatic hydroxyl groups is 1. The number of nitrogens with zero attached hydrogens (tertiary/aromatic N) is 1. The van der Waals surface area contributed by atoms with Crippen molar-refractivity contribution >= 4 is 5.69 Å². The topological polar surface area (TPSA) is 63.4 Å². The number of aliphatic hydroxyl groups excluding tert-OH is 1. The Kier molecular flexibility index (Phi) is 3.18. The van der Waals surface area contributed by atoms with Gasteiger partial charge < -0.3 is 5.11 Å². The van der Waals surface area contributed by atoms with E-state index in [9.17, 15) is 23.3 Å². The number of hydrogen-bond acceptors (Lipinski definition) is 3. The molecule has 1 aromatic rings. The standard InChI is InChI=1S/C9H8F3NO3/c1-5-2-6(4-14)8(13(15)16)7(3-5)9(10,11)12/h2-3,14H,4H2,1H3. The first-order chi connectivity index (χ1) is 7.27. The Bertz CT molecular complexity index is 429. The third-order valence-electron chi connectivity index (χ3n) is 1.99. The lowest BCUT2D eigenvalue weighted by atomic mass is 10.0. The fourth-order valence-electron chi connectivity index (χ4n) is 1.41. The van der Waals surface area contributed by atoms with E-state index < -0.39 is 29.0 Å². The molecule has 16 heavy (non-hydrogen) atoms. The van der Waals surface area contributed by atoms with Gasteiger partial charge in [-0.1, -0.05) is 0 Å². The highest BCUT2D eigenvalue weighted by Gasteiger charge is 2.39. The van der Waals surface area contributed by atoms with Crippen LogP contribution in [0.2, 0.25) is 0 Å². The Labute approximate surface area is 88.5 Å². The van der Waals surface area contributed by atoms with E-state index in [1.807, 2.05) is 0 Å². The molecular formula is C9H8F3NO3. The van der Waals surface area contributed by atoms with Gasteiger partial charge in [-0.3, -0.25) is 10.1 Å². The van der Waals surface area contributed by atoms with Gasteiger partial charge in [-0.15, -0.1) is 0 Å². The lowest BCUT2D eigenvalue weighted by molar-refractivity contribution is -0.389. The molecule has 7 heteroatoms. The van der Waals surface area contributed by atoms with Crippen LogP contribution in [0.1, 0.15) is 16.7 Å². The Hall–Kier alpha value is -1.63. The monoisotopic (exact) mass is 235 g/mol. The first-order valence-electron chi connectivity index (χ1n) is 4.23. The number of rotatable bonds is 2. The van der Waals surface area contributed by atoms with Gasteiger partial charge in [0.2, 0.25) is 0 Å². The van der Waals surface area contributed by atoms with E-state index in [0.717, 1.165) is 6.07 Å². The fourth-order valence-corrected chi connectivity index (χ4v) is 1.41. The minimum Gasteiger partial charge on any atom is -0.391 e. The van der Waals surface area contributed by atoms with E-state index >= 15 is 0 Å². The van der Waals surface area contributed by atoms with Crippen LogP contribution in [-0.2, 0) is 12.8 Å². The summed E-state index contributed by atoms with van der Waals surface area (Å²) >= 11 is 0. The smallest absolute Gasteiger partial charge is 0.391 e. The van der Waals surface area contributed by atoms with Crippen molar-refractivity contribution in [1.29, 1.82) is 0 Å². The van der Waals surface area contributed by atoms with Crippen LogP contribution in [0.4, 0.5) is 18.9 Å². The zero-order valence-electron chi connectivity index (χ0n) is 8.21. The summed E-state index contributed by atoms with van der Waals surface area (Å²) in [7, 11) is 0. The van der Waals surface area contributed by atoms with Crippen molar-refractivity contribution in [2.24, 2.45) is 0 Å². The Morgan fingerprint density at radius 3 is 2.38 bits per heavy atom. The third kappa shape index (κ3) is 2.30. The van der Waals surface area contributed by atoms with Crippen molar-refractivity contribution in [2.45, 2.75) is 19.7 Å². The summed E-state index contributed by atoms with van der Waals surface area (Å²) in [5.41, 5.74) is -2.54. The number of benzene rings is 1. The summed E-state index contributed by atoms with van der Waals surface area (Å²) in [5, 5.41) is 19.4. The molecule has 0 saturated carbocycles. The second-order valence-corrected chi connectivity index (χ2v) is 3.23. The molecule has 1 aromatic carbocycles. The molecule has 0 unspecified atom stereocenters. The van der Waals surface area contributed by atoms with Gasteiger partial charge in [-0.25, -0.2) is 0 Å². The van der Waals surface area contributed by atoms with Gasteiger partial charge in [0.15, 0.2) is 0 Å². The molecule has 1 N–H and O–H groups in total. The highest BCUT2D eigenvalue weighted by Crippen LogP contribution is 2.38. The van der Waals surface area contributed by atoms with Crippen LogP contribution in [0, 0.1) is 17.0 Å². The predicted octanol–water partition coefficient (Wildman–Crippen LogP) is 2.41. The molecule has 1 rings (SSSR count). The zero-order valence-corrected chi connectivity index (χ0v) is 8.21. The van der Waals surface area contributed by atoms with Crippen LogP contribution in [0.3, 0.4) is 0 Å². The second kappa shape index (κ2) is 4.09. The normalized spacial score (nSPS) is 11.6. The summed E-state index contributed by atoms with van der Waals surface area (Å²) in [4.78, 5) is 9.42. The van der Waals surface area contributed by atoms with Crippen LogP contribution in [0.5, 0.6) is 0 Å². The summed E-state index contributed by atoms with van der Waals surface area (Å²) in [6, 6.07) is 1.85. The highest BCUT2D eigenvalue weighted by atomic mass is 19.4. The minimum absolute atomic E-state index is 0.210. The van der Waals surface area contributed by atoms with Crippen molar-refractivity contribution in [3.8, 4) is 0 Å². The number of hydrogen-bond donors (Lipinski definition) is 1. The van der Waals surface area contributed by atoms with Gasteiger partial charge in [-0.2, -0.15) is 13.2 Å². The molecule has 0 aromatic heterocycles. The molecule has 0 radical (unpaired) electrons. The number of nitro benzene ring substituents is 1. The van der Waals surface area contributed by atoms with Gasteiger partial charge in [0, 0.05) is 0 Å². The van der Waals surface area contributed by atoms with Crippen LogP contribution in [0.15, 0.2) is 12.1 Å². The van der Waals surface area contributed by atoms with Crippen molar-refractivity contribution in [3.05, 3.63) is 38.9 Å². The van der Waals surface area contributed by atoms with E-state index in [1.54, 1.807) is 0 Å². The molecule has 0 amide bonds. The number of nitro groups is 1. The lowest BCUT2D eigenvalue weighted by Gasteiger charge is -2.10. The maximum Gasteiger partial charge on any atom is 0.423 e. The Balaban J connectivity index is 3.57. The molecule has 0 heterocycles. The van der Waals surface area contributed by atoms with Crippen molar-refractivity contribution in [2.75, 3.05) is 0 Å². The van der Waals surface area contributed by atoms with Crippen molar-refractivity contribution < 1.29 is 23.2 Å². The average molecular weight is 235 g/mol. The van der Waals surface area contributed by atoms with E-state index in [4.69, 9.17) is 5.11 Å². The summed E-state index contributed by atoms with van der Waals surface area (Å²) in [6.07, 6.45) is -4.81. The van der Waals surface area contributed by atoms with Crippen LogP contribution in [-0.4, -0.2) is 10.0 Å². The van der Waals surface area contributed by atoms with Crippen LogP contribution >= 0.6 is 0 Å². The van der Waals surface area contributed by atoms with Gasteiger partial charge in [-0.05, 0) is 24.6 Å². The number of alkyl halides is 3.